The van der Waals surface area contributed by atoms with Crippen molar-refractivity contribution < 1.29 is 47.9 Å². The van der Waals surface area contributed by atoms with Crippen LogP contribution in [0.5, 0.6) is 0 Å². The molecular weight excluding hydrogens is 714 g/mol. The Hall–Kier alpha value is -5.69. The number of aliphatic hydroxyl groups is 1. The Labute approximate surface area is 326 Å². The van der Waals surface area contributed by atoms with Crippen molar-refractivity contribution in [3.8, 4) is 0 Å². The molecule has 3 unspecified atom stereocenters. The summed E-state index contributed by atoms with van der Waals surface area (Å²) in [6.45, 7) is 0.885. The van der Waals surface area contributed by atoms with Gasteiger partial charge in [0.1, 0.15) is 18.8 Å². The molecule has 0 saturated carbocycles. The topological polar surface area (TPSA) is 130 Å². The van der Waals surface area contributed by atoms with E-state index in [-0.39, 0.29) is 50.6 Å². The predicted octanol–water partition coefficient (Wildman–Crippen LogP) is 6.00. The van der Waals surface area contributed by atoms with Crippen LogP contribution in [-0.4, -0.2) is 84.9 Å². The molecule has 5 aromatic rings. The van der Waals surface area contributed by atoms with E-state index in [1.165, 1.54) is 0 Å². The average molecular weight is 760 g/mol. The third kappa shape index (κ3) is 11.9. The molecule has 0 amide bonds. The fourth-order valence-electron chi connectivity index (χ4n) is 6.14. The number of carbonyl (C=O) groups is 3. The molecule has 5 aromatic carbocycles. The third-order valence-corrected chi connectivity index (χ3v) is 9.05. The molecule has 1 fully saturated rings. The number of ether oxygens (including phenoxy) is 6. The van der Waals surface area contributed by atoms with Crippen LogP contribution in [0.15, 0.2) is 152 Å². The number of esters is 3. The number of nitrogens with zero attached hydrogens (tertiary/aromatic N) is 1. The summed E-state index contributed by atoms with van der Waals surface area (Å²) in [7, 11) is 0. The van der Waals surface area contributed by atoms with Gasteiger partial charge in [0.15, 0.2) is 18.5 Å². The Morgan fingerprint density at radius 3 is 1.64 bits per heavy atom. The predicted molar refractivity (Wildman–Crippen MR) is 206 cm³/mol. The smallest absolute Gasteiger partial charge is 0.338 e. The van der Waals surface area contributed by atoms with E-state index in [9.17, 15) is 19.5 Å². The fraction of sp³-hybridized carbons (Fsp3) is 0.267. The summed E-state index contributed by atoms with van der Waals surface area (Å²) in [6.07, 6.45) is -6.63. The van der Waals surface area contributed by atoms with Gasteiger partial charge in [-0.3, -0.25) is 9.69 Å². The maximum atomic E-state index is 13.5. The molecule has 6 rings (SSSR count). The molecule has 11 heteroatoms. The van der Waals surface area contributed by atoms with Crippen LogP contribution in [0, 0.1) is 0 Å². The van der Waals surface area contributed by atoms with Crippen LogP contribution in [0.4, 0.5) is 0 Å². The minimum atomic E-state index is -1.47. The van der Waals surface area contributed by atoms with Gasteiger partial charge in [-0.1, -0.05) is 127 Å². The van der Waals surface area contributed by atoms with Crippen LogP contribution in [0.2, 0.25) is 0 Å². The standard InChI is InChI=1S/C45H45NO10/c47-39(53-31-35-20-10-3-11-21-35)29-46(28-33-16-6-1-7-17-33)26-27-52-45-42(56-44(50)37-24-14-5-15-25-37)41(55-43(49)36-22-12-4-13-23-36)40(48)38(54-45)32-51-30-34-18-8-2-9-19-34/h1-25,38,40-42,45,48H,26-32H2/t38?,40-,41?,42?,45-/m1/s1. The number of benzene rings is 5. The molecule has 1 aliphatic heterocycles. The SMILES string of the molecule is O=C(CN(CCO[C@@H]1OC(COCc2ccccc2)[C@@H](O)C(OC(=O)c2ccccc2)C1OC(=O)c1ccccc1)Cc1ccccc1)OCc1ccccc1. The first-order valence-electron chi connectivity index (χ1n) is 18.5. The number of hydrogen-bond donors (Lipinski definition) is 1. The molecule has 0 aliphatic carbocycles. The highest BCUT2D eigenvalue weighted by Gasteiger charge is 2.50. The Kier molecular flexibility index (Phi) is 14.9. The van der Waals surface area contributed by atoms with Crippen LogP contribution in [-0.2, 0) is 53.0 Å². The largest absolute Gasteiger partial charge is 0.460 e. The monoisotopic (exact) mass is 759 g/mol. The second kappa shape index (κ2) is 20.8. The van der Waals surface area contributed by atoms with Crippen LogP contribution in [0.3, 0.4) is 0 Å². The van der Waals surface area contributed by atoms with E-state index in [1.807, 2.05) is 95.9 Å². The molecule has 1 N–H and O–H groups in total. The van der Waals surface area contributed by atoms with E-state index in [2.05, 4.69) is 0 Å². The zero-order chi connectivity index (χ0) is 39.0. The van der Waals surface area contributed by atoms with Gasteiger partial charge in [0.05, 0.1) is 37.5 Å². The quantitative estimate of drug-likeness (QED) is 0.0834. The number of rotatable bonds is 18. The van der Waals surface area contributed by atoms with Gasteiger partial charge < -0.3 is 33.5 Å². The van der Waals surface area contributed by atoms with E-state index < -0.39 is 48.6 Å². The van der Waals surface area contributed by atoms with E-state index in [4.69, 9.17) is 28.4 Å². The van der Waals surface area contributed by atoms with E-state index in [0.29, 0.717) is 6.54 Å². The lowest BCUT2D eigenvalue weighted by Crippen LogP contribution is -2.62. The highest BCUT2D eigenvalue weighted by molar-refractivity contribution is 5.90. The maximum absolute atomic E-state index is 13.5. The summed E-state index contributed by atoms with van der Waals surface area (Å²) in [6, 6.07) is 45.2. The van der Waals surface area contributed by atoms with Crippen LogP contribution >= 0.6 is 0 Å². The minimum absolute atomic E-state index is 0.00408. The molecule has 11 nitrogen and oxygen atoms in total. The second-order valence-electron chi connectivity index (χ2n) is 13.2. The van der Waals surface area contributed by atoms with Crippen molar-refractivity contribution in [1.29, 1.82) is 0 Å². The lowest BCUT2D eigenvalue weighted by atomic mass is 9.98. The van der Waals surface area contributed by atoms with Crippen molar-refractivity contribution in [2.75, 3.05) is 26.3 Å². The van der Waals surface area contributed by atoms with E-state index in [1.54, 1.807) is 60.7 Å². The van der Waals surface area contributed by atoms with Gasteiger partial charge >= 0.3 is 17.9 Å². The number of carbonyl (C=O) groups excluding carboxylic acids is 3. The zero-order valence-electron chi connectivity index (χ0n) is 30.8. The summed E-state index contributed by atoms with van der Waals surface area (Å²) >= 11 is 0. The molecule has 0 spiro atoms. The third-order valence-electron chi connectivity index (χ3n) is 9.05. The van der Waals surface area contributed by atoms with Crippen molar-refractivity contribution >= 4 is 17.9 Å². The molecule has 290 valence electrons. The van der Waals surface area contributed by atoms with Gasteiger partial charge in [-0.2, -0.15) is 0 Å². The Morgan fingerprint density at radius 2 is 1.09 bits per heavy atom. The highest BCUT2D eigenvalue weighted by atomic mass is 16.7. The average Bonchev–Trinajstić information content (AvgIpc) is 3.24. The summed E-state index contributed by atoms with van der Waals surface area (Å²) in [5.41, 5.74) is 3.23. The van der Waals surface area contributed by atoms with Gasteiger partial charge in [-0.15, -0.1) is 0 Å². The van der Waals surface area contributed by atoms with Crippen molar-refractivity contribution in [1.82, 2.24) is 4.90 Å². The number of hydrogen-bond acceptors (Lipinski definition) is 11. The van der Waals surface area contributed by atoms with Crippen molar-refractivity contribution in [3.63, 3.8) is 0 Å². The summed E-state index contributed by atoms with van der Waals surface area (Å²) in [4.78, 5) is 41.9. The zero-order valence-corrected chi connectivity index (χ0v) is 30.8. The minimum Gasteiger partial charge on any atom is -0.460 e. The first kappa shape index (κ1) is 40.0. The van der Waals surface area contributed by atoms with E-state index >= 15 is 0 Å². The first-order valence-corrected chi connectivity index (χ1v) is 18.5. The summed E-state index contributed by atoms with van der Waals surface area (Å²) in [5, 5.41) is 11.7. The van der Waals surface area contributed by atoms with E-state index in [0.717, 1.165) is 16.7 Å². The van der Waals surface area contributed by atoms with Crippen molar-refractivity contribution in [2.24, 2.45) is 0 Å². The lowest BCUT2D eigenvalue weighted by Gasteiger charge is -2.43. The fourth-order valence-corrected chi connectivity index (χ4v) is 6.14. The van der Waals surface area contributed by atoms with Gasteiger partial charge in [0.25, 0.3) is 0 Å². The summed E-state index contributed by atoms with van der Waals surface area (Å²) in [5.74, 6) is -1.88. The molecule has 1 aliphatic rings. The molecule has 0 radical (unpaired) electrons. The van der Waals surface area contributed by atoms with Crippen molar-refractivity contribution in [2.45, 2.75) is 50.5 Å². The summed E-state index contributed by atoms with van der Waals surface area (Å²) < 4.78 is 36.1. The van der Waals surface area contributed by atoms with Gasteiger partial charge in [-0.25, -0.2) is 9.59 Å². The maximum Gasteiger partial charge on any atom is 0.338 e. The van der Waals surface area contributed by atoms with Gasteiger partial charge in [0.2, 0.25) is 0 Å². The van der Waals surface area contributed by atoms with Crippen molar-refractivity contribution in [3.05, 3.63) is 179 Å². The van der Waals surface area contributed by atoms with Crippen LogP contribution in [0.25, 0.3) is 0 Å². The lowest BCUT2D eigenvalue weighted by molar-refractivity contribution is -0.301. The van der Waals surface area contributed by atoms with Crippen LogP contribution < -0.4 is 0 Å². The molecule has 1 heterocycles. The molecule has 1 saturated heterocycles. The Bertz CT molecular complexity index is 1930. The molecular formula is C45H45NO10. The Morgan fingerprint density at radius 1 is 0.607 bits per heavy atom. The normalized spacial score (nSPS) is 19.2. The molecule has 5 atom stereocenters. The highest BCUT2D eigenvalue weighted by Crippen LogP contribution is 2.29. The molecule has 0 aromatic heterocycles. The number of aliphatic hydroxyl groups excluding tert-OH is 1. The van der Waals surface area contributed by atoms with Crippen LogP contribution in [0.1, 0.15) is 37.4 Å². The first-order chi connectivity index (χ1) is 27.4. The molecule has 56 heavy (non-hydrogen) atoms. The van der Waals surface area contributed by atoms with Gasteiger partial charge in [-0.05, 0) is 41.0 Å². The molecule has 0 bridgehead atoms. The van der Waals surface area contributed by atoms with Gasteiger partial charge in [0, 0.05) is 13.1 Å². The Balaban J connectivity index is 1.21. The second-order valence-corrected chi connectivity index (χ2v) is 13.2.